The predicted octanol–water partition coefficient (Wildman–Crippen LogP) is 4.84. The fraction of sp³-hybridized carbons (Fsp3) is 0.333. The van der Waals surface area contributed by atoms with E-state index in [1.54, 1.807) is 49.7 Å². The van der Waals surface area contributed by atoms with Gasteiger partial charge in [-0.2, -0.15) is 18.3 Å². The minimum Gasteiger partial charge on any atom is -0.504 e. The summed E-state index contributed by atoms with van der Waals surface area (Å²) in [7, 11) is 1.41. The van der Waals surface area contributed by atoms with Crippen LogP contribution in [0.2, 0.25) is 0 Å². The number of allylic oxidation sites excluding steroid dienone is 2. The molecule has 0 fully saturated rings. The molecule has 0 radical (unpaired) electrons. The number of hydrogen-bond acceptors (Lipinski definition) is 5. The SMILES string of the molecule is COC1=CC(C2CC(C(F)(F)F)n3nc(-c4ccncc4)c(C)c3N2)=CCC=C1O. The van der Waals surface area contributed by atoms with E-state index in [9.17, 15) is 18.3 Å². The van der Waals surface area contributed by atoms with Crippen molar-refractivity contribution in [3.8, 4) is 11.3 Å². The Kier molecular flexibility index (Phi) is 5.05. The largest absolute Gasteiger partial charge is 0.504 e. The Bertz CT molecular complexity index is 1040. The van der Waals surface area contributed by atoms with E-state index in [4.69, 9.17) is 4.74 Å². The molecule has 2 aromatic heterocycles. The topological polar surface area (TPSA) is 72.2 Å². The van der Waals surface area contributed by atoms with Crippen molar-refractivity contribution < 1.29 is 23.0 Å². The van der Waals surface area contributed by atoms with E-state index in [2.05, 4.69) is 15.4 Å². The monoisotopic (exact) mass is 418 g/mol. The second-order valence-electron chi connectivity index (χ2n) is 7.23. The molecule has 3 heterocycles. The molecule has 0 spiro atoms. The van der Waals surface area contributed by atoms with Crippen molar-refractivity contribution in [1.29, 1.82) is 0 Å². The van der Waals surface area contributed by atoms with Crippen molar-refractivity contribution >= 4 is 5.82 Å². The molecule has 0 aromatic carbocycles. The van der Waals surface area contributed by atoms with Crippen molar-refractivity contribution in [1.82, 2.24) is 14.8 Å². The lowest BCUT2D eigenvalue weighted by Gasteiger charge is -2.34. The van der Waals surface area contributed by atoms with Crippen LogP contribution in [-0.2, 0) is 4.74 Å². The summed E-state index contributed by atoms with van der Waals surface area (Å²) in [5, 5.41) is 17.5. The van der Waals surface area contributed by atoms with E-state index < -0.39 is 18.3 Å². The molecule has 1 aliphatic carbocycles. The van der Waals surface area contributed by atoms with Crippen LogP contribution in [0.15, 0.2) is 59.8 Å². The molecule has 6 nitrogen and oxygen atoms in total. The van der Waals surface area contributed by atoms with Gasteiger partial charge in [0.2, 0.25) is 0 Å². The highest BCUT2D eigenvalue weighted by atomic mass is 19.4. The van der Waals surface area contributed by atoms with Gasteiger partial charge < -0.3 is 15.2 Å². The summed E-state index contributed by atoms with van der Waals surface area (Å²) in [6, 6.07) is 1.04. The van der Waals surface area contributed by atoms with Crippen molar-refractivity contribution in [2.24, 2.45) is 0 Å². The first-order valence-electron chi connectivity index (χ1n) is 9.47. The van der Waals surface area contributed by atoms with Gasteiger partial charge in [0.25, 0.3) is 0 Å². The molecule has 0 bridgehead atoms. The molecule has 158 valence electrons. The quantitative estimate of drug-likeness (QED) is 0.746. The van der Waals surface area contributed by atoms with Gasteiger partial charge in [-0.15, -0.1) is 0 Å². The number of halogens is 3. The number of pyridine rings is 1. The molecule has 2 aliphatic rings. The number of hydrogen-bond donors (Lipinski definition) is 2. The Hall–Kier alpha value is -3.23. The van der Waals surface area contributed by atoms with Gasteiger partial charge in [0, 0.05) is 29.9 Å². The maximum absolute atomic E-state index is 14.0. The highest BCUT2D eigenvalue weighted by molar-refractivity contribution is 5.69. The van der Waals surface area contributed by atoms with E-state index in [-0.39, 0.29) is 17.9 Å². The fourth-order valence-electron chi connectivity index (χ4n) is 3.84. The lowest BCUT2D eigenvalue weighted by molar-refractivity contribution is -0.173. The highest BCUT2D eigenvalue weighted by Gasteiger charge is 2.47. The summed E-state index contributed by atoms with van der Waals surface area (Å²) in [5.41, 5.74) is 2.44. The van der Waals surface area contributed by atoms with Crippen LogP contribution < -0.4 is 5.32 Å². The smallest absolute Gasteiger partial charge is 0.410 e. The molecule has 4 rings (SSSR count). The minimum absolute atomic E-state index is 0.0341. The van der Waals surface area contributed by atoms with Crippen molar-refractivity contribution in [3.63, 3.8) is 0 Å². The third-order valence-corrected chi connectivity index (χ3v) is 5.38. The van der Waals surface area contributed by atoms with Gasteiger partial charge >= 0.3 is 6.18 Å². The van der Waals surface area contributed by atoms with Crippen LogP contribution in [0.25, 0.3) is 11.3 Å². The third-order valence-electron chi connectivity index (χ3n) is 5.38. The van der Waals surface area contributed by atoms with Crippen LogP contribution in [0.1, 0.15) is 24.4 Å². The number of anilines is 1. The van der Waals surface area contributed by atoms with Crippen molar-refractivity contribution in [3.05, 3.63) is 65.4 Å². The summed E-state index contributed by atoms with van der Waals surface area (Å²) < 4.78 is 48.2. The van der Waals surface area contributed by atoms with E-state index >= 15 is 0 Å². The predicted molar refractivity (Wildman–Crippen MR) is 106 cm³/mol. The summed E-state index contributed by atoms with van der Waals surface area (Å²) in [6.45, 7) is 1.75. The second-order valence-corrected chi connectivity index (χ2v) is 7.23. The minimum atomic E-state index is -4.47. The summed E-state index contributed by atoms with van der Waals surface area (Å²) in [6.07, 6.45) is 3.78. The first-order chi connectivity index (χ1) is 14.3. The van der Waals surface area contributed by atoms with Crippen LogP contribution >= 0.6 is 0 Å². The maximum atomic E-state index is 14.0. The third kappa shape index (κ3) is 3.55. The second kappa shape index (κ2) is 7.55. The van der Waals surface area contributed by atoms with Crippen LogP contribution in [0.5, 0.6) is 0 Å². The normalized spacial score (nSPS) is 21.6. The number of ether oxygens (including phenoxy) is 1. The molecule has 2 unspecified atom stereocenters. The molecular formula is C21H21F3N4O2. The Morgan fingerprint density at radius 1 is 1.23 bits per heavy atom. The van der Waals surface area contributed by atoms with Gasteiger partial charge in [-0.05, 0) is 43.2 Å². The van der Waals surface area contributed by atoms with Gasteiger partial charge in [-0.3, -0.25) is 4.98 Å². The number of aliphatic hydroxyl groups is 1. The number of aromatic nitrogens is 3. The number of nitrogens with zero attached hydrogens (tertiary/aromatic N) is 3. The Labute approximate surface area is 171 Å². The van der Waals surface area contributed by atoms with Crippen LogP contribution in [0.3, 0.4) is 0 Å². The van der Waals surface area contributed by atoms with Crippen molar-refractivity contribution in [2.75, 3.05) is 12.4 Å². The number of fused-ring (bicyclic) bond motifs is 1. The standard InChI is InChI=1S/C21H21F3N4O2/c1-12-19(13-6-8-25-9-7-13)27-28-18(21(22,23)24)11-15(26-20(12)28)14-4-3-5-16(29)17(10-14)30-2/h4-10,15,18,26,29H,3,11H2,1-2H3. The zero-order chi connectivity index (χ0) is 21.5. The van der Waals surface area contributed by atoms with Gasteiger partial charge in [0.05, 0.1) is 18.8 Å². The zero-order valence-corrected chi connectivity index (χ0v) is 16.4. The number of aliphatic hydroxyl groups excluding tert-OH is 1. The van der Waals surface area contributed by atoms with Crippen molar-refractivity contribution in [2.45, 2.75) is 38.0 Å². The lowest BCUT2D eigenvalue weighted by atomic mass is 9.95. The Morgan fingerprint density at radius 2 is 1.97 bits per heavy atom. The van der Waals surface area contributed by atoms with Crippen LogP contribution in [0, 0.1) is 6.92 Å². The van der Waals surface area contributed by atoms with E-state index in [0.29, 0.717) is 34.6 Å². The average Bonchev–Trinajstić information content (AvgIpc) is 2.93. The molecule has 2 N–H and O–H groups in total. The number of rotatable bonds is 3. The van der Waals surface area contributed by atoms with Crippen LogP contribution in [-0.4, -0.2) is 39.2 Å². The first kappa shape index (κ1) is 20.1. The average molecular weight is 418 g/mol. The molecular weight excluding hydrogens is 397 g/mol. The zero-order valence-electron chi connectivity index (χ0n) is 16.4. The summed E-state index contributed by atoms with van der Waals surface area (Å²) >= 11 is 0. The molecule has 0 amide bonds. The van der Waals surface area contributed by atoms with Crippen LogP contribution in [0.4, 0.5) is 19.0 Å². The van der Waals surface area contributed by atoms with Gasteiger partial charge in [0.15, 0.2) is 17.6 Å². The van der Waals surface area contributed by atoms with E-state index in [1.807, 2.05) is 0 Å². The Morgan fingerprint density at radius 3 is 2.63 bits per heavy atom. The summed E-state index contributed by atoms with van der Waals surface area (Å²) in [4.78, 5) is 3.96. The van der Waals surface area contributed by atoms with Gasteiger partial charge in [-0.25, -0.2) is 4.68 Å². The summed E-state index contributed by atoms with van der Waals surface area (Å²) in [5.74, 6) is 0.514. The highest BCUT2D eigenvalue weighted by Crippen LogP contribution is 2.44. The van der Waals surface area contributed by atoms with Gasteiger partial charge in [-0.1, -0.05) is 6.08 Å². The molecule has 0 saturated carbocycles. The molecule has 30 heavy (non-hydrogen) atoms. The fourth-order valence-corrected chi connectivity index (χ4v) is 3.84. The van der Waals surface area contributed by atoms with E-state index in [0.717, 1.165) is 4.68 Å². The first-order valence-corrected chi connectivity index (χ1v) is 9.47. The molecule has 9 heteroatoms. The number of alkyl halides is 3. The Balaban J connectivity index is 1.78. The molecule has 0 saturated heterocycles. The molecule has 2 atom stereocenters. The number of methoxy groups -OCH3 is 1. The van der Waals surface area contributed by atoms with E-state index in [1.165, 1.54) is 7.11 Å². The maximum Gasteiger partial charge on any atom is 0.410 e. The number of nitrogens with one attached hydrogen (secondary N) is 1. The lowest BCUT2D eigenvalue weighted by Crippen LogP contribution is -2.40. The van der Waals surface area contributed by atoms with Gasteiger partial charge in [0.1, 0.15) is 5.82 Å². The molecule has 2 aromatic rings. The molecule has 1 aliphatic heterocycles.